The summed E-state index contributed by atoms with van der Waals surface area (Å²) in [5.74, 6) is -1.08. The van der Waals surface area contributed by atoms with Gasteiger partial charge in [0.15, 0.2) is 0 Å². The monoisotopic (exact) mass is 193 g/mol. The van der Waals surface area contributed by atoms with Crippen LogP contribution in [0.15, 0.2) is 6.20 Å². The summed E-state index contributed by atoms with van der Waals surface area (Å²) in [5.41, 5.74) is 0.0108. The first kappa shape index (κ1) is 8.43. The van der Waals surface area contributed by atoms with Gasteiger partial charge in [-0.3, -0.25) is 0 Å². The normalized spacial score (nSPS) is 10.1. The lowest BCUT2D eigenvalue weighted by Crippen LogP contribution is -2.03. The first-order valence-corrected chi connectivity index (χ1v) is 3.53. The third-order valence-electron chi connectivity index (χ3n) is 1.28. The van der Waals surface area contributed by atoms with E-state index in [1.54, 1.807) is 7.05 Å². The molecule has 0 fully saturated rings. The van der Waals surface area contributed by atoms with Gasteiger partial charge in [0.1, 0.15) is 5.69 Å². The number of aryl methyl sites for hydroxylation is 1. The fourth-order valence-electron chi connectivity index (χ4n) is 0.804. The minimum Gasteiger partial charge on any atom is -0.477 e. The third kappa shape index (κ3) is 1.34. The molecule has 1 N–H and O–H groups in total. The Hall–Kier alpha value is -0.670. The molecule has 1 heterocycles. The Bertz CT molecular complexity index is 306. The van der Waals surface area contributed by atoms with Crippen LogP contribution < -0.4 is 0 Å². The van der Waals surface area contributed by atoms with Gasteiger partial charge in [0.2, 0.25) is 0 Å². The van der Waals surface area contributed by atoms with E-state index in [1.165, 1.54) is 10.8 Å². The van der Waals surface area contributed by atoms with Gasteiger partial charge in [0.05, 0.1) is 10.0 Å². The van der Waals surface area contributed by atoms with E-state index in [9.17, 15) is 4.79 Å². The first-order chi connectivity index (χ1) is 5.04. The third-order valence-corrected chi connectivity index (χ3v) is 2.05. The number of rotatable bonds is 1. The Morgan fingerprint density at radius 3 is 2.36 bits per heavy atom. The van der Waals surface area contributed by atoms with Gasteiger partial charge in [-0.25, -0.2) is 4.79 Å². The minimum absolute atomic E-state index is 0.0108. The van der Waals surface area contributed by atoms with Crippen LogP contribution in [0.1, 0.15) is 10.5 Å². The molecular formula is C6H5Cl2NO2. The number of carbonyl (C=O) groups is 1. The molecule has 11 heavy (non-hydrogen) atoms. The SMILES string of the molecule is Cn1cc(Cl)c(Cl)c1C(=O)O. The topological polar surface area (TPSA) is 42.2 Å². The molecule has 0 saturated carbocycles. The molecule has 1 aromatic rings. The van der Waals surface area contributed by atoms with Gasteiger partial charge in [0.25, 0.3) is 0 Å². The number of carboxylic acid groups (broad SMARTS) is 1. The van der Waals surface area contributed by atoms with Gasteiger partial charge in [-0.2, -0.15) is 0 Å². The van der Waals surface area contributed by atoms with Gasteiger partial charge >= 0.3 is 5.97 Å². The van der Waals surface area contributed by atoms with E-state index in [2.05, 4.69) is 0 Å². The maximum absolute atomic E-state index is 10.5. The maximum Gasteiger partial charge on any atom is 0.354 e. The Kier molecular flexibility index (Phi) is 2.11. The van der Waals surface area contributed by atoms with Crippen LogP contribution in [0.25, 0.3) is 0 Å². The molecule has 3 nitrogen and oxygen atoms in total. The molecule has 0 aromatic carbocycles. The summed E-state index contributed by atoms with van der Waals surface area (Å²) in [7, 11) is 1.57. The number of hydrogen-bond donors (Lipinski definition) is 1. The van der Waals surface area contributed by atoms with Crippen molar-refractivity contribution in [3.8, 4) is 0 Å². The number of carboxylic acids is 1. The highest BCUT2D eigenvalue weighted by Gasteiger charge is 2.16. The van der Waals surface area contributed by atoms with E-state index in [-0.39, 0.29) is 15.7 Å². The van der Waals surface area contributed by atoms with Crippen LogP contribution in [0.5, 0.6) is 0 Å². The lowest BCUT2D eigenvalue weighted by Gasteiger charge is -1.94. The van der Waals surface area contributed by atoms with Gasteiger partial charge in [0, 0.05) is 13.2 Å². The lowest BCUT2D eigenvalue weighted by atomic mass is 10.4. The van der Waals surface area contributed by atoms with E-state index < -0.39 is 5.97 Å². The molecule has 0 aliphatic heterocycles. The highest BCUT2D eigenvalue weighted by Crippen LogP contribution is 2.26. The molecular weight excluding hydrogens is 189 g/mol. The van der Waals surface area contributed by atoms with Crippen molar-refractivity contribution in [3.05, 3.63) is 21.9 Å². The van der Waals surface area contributed by atoms with Crippen LogP contribution in [0, 0.1) is 0 Å². The van der Waals surface area contributed by atoms with Crippen molar-refractivity contribution in [2.75, 3.05) is 0 Å². The summed E-state index contributed by atoms with van der Waals surface area (Å²) in [4.78, 5) is 10.5. The fraction of sp³-hybridized carbons (Fsp3) is 0.167. The Balaban J connectivity index is 3.34. The van der Waals surface area contributed by atoms with Crippen molar-refractivity contribution in [1.29, 1.82) is 0 Å². The largest absolute Gasteiger partial charge is 0.477 e. The average molecular weight is 194 g/mol. The molecule has 0 amide bonds. The molecule has 60 valence electrons. The number of nitrogens with zero attached hydrogens (tertiary/aromatic N) is 1. The average Bonchev–Trinajstić information content (AvgIpc) is 2.07. The second kappa shape index (κ2) is 2.75. The number of hydrogen-bond acceptors (Lipinski definition) is 1. The summed E-state index contributed by atoms with van der Waals surface area (Å²) < 4.78 is 1.37. The van der Waals surface area contributed by atoms with E-state index in [0.29, 0.717) is 0 Å². The second-order valence-electron chi connectivity index (χ2n) is 2.06. The van der Waals surface area contributed by atoms with E-state index >= 15 is 0 Å². The molecule has 0 aliphatic rings. The zero-order valence-corrected chi connectivity index (χ0v) is 7.15. The molecule has 0 spiro atoms. The highest BCUT2D eigenvalue weighted by molar-refractivity contribution is 6.43. The molecule has 0 bridgehead atoms. The van der Waals surface area contributed by atoms with Crippen molar-refractivity contribution in [3.63, 3.8) is 0 Å². The zero-order valence-electron chi connectivity index (χ0n) is 5.64. The summed E-state index contributed by atoms with van der Waals surface area (Å²) in [6, 6.07) is 0. The van der Waals surface area contributed by atoms with Gasteiger partial charge < -0.3 is 9.67 Å². The van der Waals surface area contributed by atoms with Crippen molar-refractivity contribution < 1.29 is 9.90 Å². The van der Waals surface area contributed by atoms with Gasteiger partial charge in [-0.05, 0) is 0 Å². The lowest BCUT2D eigenvalue weighted by molar-refractivity contribution is 0.0687. The number of halogens is 2. The molecule has 0 radical (unpaired) electrons. The van der Waals surface area contributed by atoms with Crippen LogP contribution in [0.3, 0.4) is 0 Å². The number of aromatic carboxylic acids is 1. The predicted octanol–water partition coefficient (Wildman–Crippen LogP) is 2.03. The van der Waals surface area contributed by atoms with E-state index in [4.69, 9.17) is 28.3 Å². The molecule has 0 atom stereocenters. The van der Waals surface area contributed by atoms with Crippen LogP contribution in [-0.2, 0) is 7.05 Å². The molecule has 5 heteroatoms. The number of aromatic nitrogens is 1. The van der Waals surface area contributed by atoms with Gasteiger partial charge in [-0.15, -0.1) is 0 Å². The van der Waals surface area contributed by atoms with Crippen molar-refractivity contribution in [2.45, 2.75) is 0 Å². The minimum atomic E-state index is -1.08. The second-order valence-corrected chi connectivity index (χ2v) is 2.84. The summed E-state index contributed by atoms with van der Waals surface area (Å²) >= 11 is 11.1. The van der Waals surface area contributed by atoms with Crippen LogP contribution in [-0.4, -0.2) is 15.6 Å². The quantitative estimate of drug-likeness (QED) is 0.742. The zero-order chi connectivity index (χ0) is 8.59. The van der Waals surface area contributed by atoms with E-state index in [1.807, 2.05) is 0 Å². The molecule has 0 unspecified atom stereocenters. The van der Waals surface area contributed by atoms with Crippen LogP contribution in [0.4, 0.5) is 0 Å². The molecule has 1 rings (SSSR count). The van der Waals surface area contributed by atoms with Crippen molar-refractivity contribution >= 4 is 29.2 Å². The summed E-state index contributed by atoms with van der Waals surface area (Å²) in [6.45, 7) is 0. The smallest absolute Gasteiger partial charge is 0.354 e. The molecule has 0 aliphatic carbocycles. The van der Waals surface area contributed by atoms with E-state index in [0.717, 1.165) is 0 Å². The van der Waals surface area contributed by atoms with Crippen LogP contribution in [0.2, 0.25) is 10.0 Å². The Labute approximate surface area is 73.1 Å². The first-order valence-electron chi connectivity index (χ1n) is 2.77. The summed E-state index contributed by atoms with van der Waals surface area (Å²) in [6.07, 6.45) is 1.45. The predicted molar refractivity (Wildman–Crippen MR) is 42.4 cm³/mol. The Morgan fingerprint density at radius 1 is 1.64 bits per heavy atom. The molecule has 0 saturated heterocycles. The standard InChI is InChI=1S/C6H5Cl2NO2/c1-9-2-3(7)4(8)5(9)6(10)11/h2H,1H3,(H,10,11). The Morgan fingerprint density at radius 2 is 2.18 bits per heavy atom. The fourth-order valence-corrected chi connectivity index (χ4v) is 1.30. The van der Waals surface area contributed by atoms with Crippen LogP contribution >= 0.6 is 23.2 Å². The van der Waals surface area contributed by atoms with Gasteiger partial charge in [-0.1, -0.05) is 23.2 Å². The van der Waals surface area contributed by atoms with Crippen molar-refractivity contribution in [1.82, 2.24) is 4.57 Å². The molecule has 1 aromatic heterocycles. The summed E-state index contributed by atoms with van der Waals surface area (Å²) in [5, 5.41) is 8.94. The van der Waals surface area contributed by atoms with Crippen molar-refractivity contribution in [2.24, 2.45) is 7.05 Å². The maximum atomic E-state index is 10.5. The highest BCUT2D eigenvalue weighted by atomic mass is 35.5.